The predicted octanol–water partition coefficient (Wildman–Crippen LogP) is 3.11. The molecule has 0 atom stereocenters. The number of aliphatic imine (C=N–C) groups is 2. The lowest BCUT2D eigenvalue weighted by Gasteiger charge is -2.26. The zero-order chi connectivity index (χ0) is 24.5. The predicted molar refractivity (Wildman–Crippen MR) is 129 cm³/mol. The maximum Gasteiger partial charge on any atom is 0.251 e. The molecule has 0 aliphatic carbocycles. The van der Waals surface area contributed by atoms with Crippen LogP contribution in [-0.2, 0) is 11.2 Å². The summed E-state index contributed by atoms with van der Waals surface area (Å²) >= 11 is 1.36. The van der Waals surface area contributed by atoms with Gasteiger partial charge in [0, 0.05) is 28.5 Å². The Morgan fingerprint density at radius 3 is 2.66 bits per heavy atom. The van der Waals surface area contributed by atoms with Gasteiger partial charge in [0.2, 0.25) is 0 Å². The number of nitrogens with two attached hydrogens (primary N) is 2. The van der Waals surface area contributed by atoms with Gasteiger partial charge in [-0.25, -0.2) is 13.8 Å². The van der Waals surface area contributed by atoms with Gasteiger partial charge in [0.1, 0.15) is 17.3 Å². The number of thiophene rings is 1. The molecular formula is C24H21F2N5O3S. The summed E-state index contributed by atoms with van der Waals surface area (Å²) in [6.45, 7) is 1.42. The summed E-state index contributed by atoms with van der Waals surface area (Å²) < 4.78 is 38.6. The molecule has 1 fully saturated rings. The lowest BCUT2D eigenvalue weighted by atomic mass is 10.0. The van der Waals surface area contributed by atoms with Crippen molar-refractivity contribution in [2.75, 3.05) is 19.8 Å². The quantitative estimate of drug-likeness (QED) is 0.377. The fourth-order valence-electron chi connectivity index (χ4n) is 3.73. The van der Waals surface area contributed by atoms with Crippen molar-refractivity contribution in [1.29, 1.82) is 0 Å². The molecule has 3 heterocycles. The van der Waals surface area contributed by atoms with E-state index in [-0.39, 0.29) is 29.4 Å². The number of nitrogens with one attached hydrogen (secondary N) is 1. The Morgan fingerprint density at radius 1 is 1.11 bits per heavy atom. The molecule has 1 amide bonds. The van der Waals surface area contributed by atoms with Crippen molar-refractivity contribution in [3.05, 3.63) is 70.1 Å². The lowest BCUT2D eigenvalue weighted by molar-refractivity contribution is -0.00346. The highest BCUT2D eigenvalue weighted by Crippen LogP contribution is 2.41. The number of carbonyl (C=O) groups is 1. The van der Waals surface area contributed by atoms with Crippen molar-refractivity contribution in [3.63, 3.8) is 0 Å². The Hall–Kier alpha value is -3.83. The standard InChI is InChI=1S/C24H21F2N5O3S/c25-14-2-4-18(17(26)9-14)30-22(31-24(27)28)20-8-12-5-6-34-19-7-13(1-3-16(19)21(12)35-20)23(32)29-15-10-33-11-15/h1-4,7-9,15H,5-6,10-11H2,(H,29,32)(H4,27,28,30,31). The zero-order valence-electron chi connectivity index (χ0n) is 18.4. The van der Waals surface area contributed by atoms with Crippen LogP contribution in [0.4, 0.5) is 14.5 Å². The number of guanidine groups is 1. The summed E-state index contributed by atoms with van der Waals surface area (Å²) in [6, 6.07) is 10.3. The highest BCUT2D eigenvalue weighted by atomic mass is 32.1. The summed E-state index contributed by atoms with van der Waals surface area (Å²) in [5.41, 5.74) is 13.4. The molecule has 0 unspecified atom stereocenters. The third kappa shape index (κ3) is 4.86. The molecule has 2 aromatic carbocycles. The first-order chi connectivity index (χ1) is 16.9. The number of amides is 1. The van der Waals surface area contributed by atoms with E-state index in [9.17, 15) is 13.6 Å². The number of hydrogen-bond acceptors (Lipinski definition) is 5. The SMILES string of the molecule is NC(N)=NC(=Nc1ccc(F)cc1F)c1cc2c(s1)-c1ccc(C(=O)NC3COC3)cc1OCC2. The van der Waals surface area contributed by atoms with E-state index in [1.54, 1.807) is 12.1 Å². The first kappa shape index (κ1) is 22.9. The second kappa shape index (κ2) is 9.43. The van der Waals surface area contributed by atoms with Gasteiger partial charge in [0.15, 0.2) is 17.6 Å². The first-order valence-electron chi connectivity index (χ1n) is 10.8. The molecular weight excluding hydrogens is 476 g/mol. The average Bonchev–Trinajstić information content (AvgIpc) is 3.13. The van der Waals surface area contributed by atoms with Crippen molar-refractivity contribution >= 4 is 34.7 Å². The van der Waals surface area contributed by atoms with E-state index in [0.717, 1.165) is 28.1 Å². The van der Waals surface area contributed by atoms with Gasteiger partial charge >= 0.3 is 0 Å². The van der Waals surface area contributed by atoms with E-state index >= 15 is 0 Å². The molecule has 0 radical (unpaired) electrons. The molecule has 11 heteroatoms. The van der Waals surface area contributed by atoms with Crippen molar-refractivity contribution in [2.45, 2.75) is 12.5 Å². The number of benzene rings is 2. The molecule has 2 aliphatic heterocycles. The van der Waals surface area contributed by atoms with Crippen LogP contribution in [0.25, 0.3) is 10.4 Å². The molecule has 0 bridgehead atoms. The molecule has 0 saturated carbocycles. The van der Waals surface area contributed by atoms with E-state index in [1.807, 2.05) is 12.1 Å². The summed E-state index contributed by atoms with van der Waals surface area (Å²) in [4.78, 5) is 22.4. The average molecular weight is 498 g/mol. The van der Waals surface area contributed by atoms with Crippen LogP contribution in [0.5, 0.6) is 5.75 Å². The minimum atomic E-state index is -0.829. The molecule has 1 saturated heterocycles. The van der Waals surface area contributed by atoms with Gasteiger partial charge < -0.3 is 26.3 Å². The van der Waals surface area contributed by atoms with E-state index < -0.39 is 11.6 Å². The summed E-state index contributed by atoms with van der Waals surface area (Å²) in [5, 5.41) is 2.92. The number of hydrogen-bond donors (Lipinski definition) is 3. The smallest absolute Gasteiger partial charge is 0.251 e. The third-order valence-electron chi connectivity index (χ3n) is 5.49. The first-order valence-corrected chi connectivity index (χ1v) is 11.6. The Morgan fingerprint density at radius 2 is 1.94 bits per heavy atom. The Kier molecular flexibility index (Phi) is 6.18. The second-order valence-corrected chi connectivity index (χ2v) is 9.10. The highest BCUT2D eigenvalue weighted by Gasteiger charge is 2.24. The molecule has 1 aromatic heterocycles. The molecule has 0 spiro atoms. The molecule has 35 heavy (non-hydrogen) atoms. The van der Waals surface area contributed by atoms with Gasteiger partial charge in [-0.1, -0.05) is 0 Å². The van der Waals surface area contributed by atoms with Crippen LogP contribution in [0.3, 0.4) is 0 Å². The van der Waals surface area contributed by atoms with Crippen LogP contribution in [0.1, 0.15) is 20.8 Å². The normalized spacial score (nSPS) is 15.2. The van der Waals surface area contributed by atoms with Crippen molar-refractivity contribution < 1.29 is 23.0 Å². The van der Waals surface area contributed by atoms with Gasteiger partial charge in [-0.3, -0.25) is 4.79 Å². The minimum Gasteiger partial charge on any atom is -0.493 e. The van der Waals surface area contributed by atoms with Gasteiger partial charge in [-0.2, -0.15) is 4.99 Å². The number of halogens is 2. The minimum absolute atomic E-state index is 0.0212. The lowest BCUT2D eigenvalue weighted by Crippen LogP contribution is -2.48. The Balaban J connectivity index is 1.51. The Labute approximate surface area is 203 Å². The molecule has 180 valence electrons. The molecule has 8 nitrogen and oxygen atoms in total. The number of nitrogens with zero attached hydrogens (tertiary/aromatic N) is 2. The van der Waals surface area contributed by atoms with Crippen LogP contribution >= 0.6 is 11.3 Å². The van der Waals surface area contributed by atoms with Gasteiger partial charge in [0.25, 0.3) is 5.91 Å². The summed E-state index contributed by atoms with van der Waals surface area (Å²) in [6.07, 6.45) is 0.599. The molecule has 3 aromatic rings. The van der Waals surface area contributed by atoms with Crippen molar-refractivity contribution in [2.24, 2.45) is 21.5 Å². The second-order valence-electron chi connectivity index (χ2n) is 8.05. The molecule has 2 aliphatic rings. The van der Waals surface area contributed by atoms with E-state index in [2.05, 4.69) is 15.3 Å². The van der Waals surface area contributed by atoms with Crippen LogP contribution < -0.4 is 21.5 Å². The number of ether oxygens (including phenoxy) is 2. The van der Waals surface area contributed by atoms with Crippen LogP contribution in [0, 0.1) is 11.6 Å². The monoisotopic (exact) mass is 497 g/mol. The maximum absolute atomic E-state index is 14.2. The number of amidine groups is 1. The van der Waals surface area contributed by atoms with Crippen molar-refractivity contribution in [1.82, 2.24) is 5.32 Å². The van der Waals surface area contributed by atoms with Gasteiger partial charge in [-0.05, 0) is 42.0 Å². The van der Waals surface area contributed by atoms with Crippen LogP contribution in [0.15, 0.2) is 52.4 Å². The number of fused-ring (bicyclic) bond motifs is 3. The fraction of sp³-hybridized carbons (Fsp3) is 0.208. The van der Waals surface area contributed by atoms with Crippen LogP contribution in [-0.4, -0.2) is 43.6 Å². The van der Waals surface area contributed by atoms with Crippen molar-refractivity contribution in [3.8, 4) is 16.2 Å². The van der Waals surface area contributed by atoms with E-state index in [0.29, 0.717) is 42.4 Å². The van der Waals surface area contributed by atoms with Gasteiger partial charge in [0.05, 0.1) is 30.7 Å². The molecule has 5 rings (SSSR count). The maximum atomic E-state index is 14.2. The fourth-order valence-corrected chi connectivity index (χ4v) is 4.90. The Bertz CT molecular complexity index is 1360. The van der Waals surface area contributed by atoms with Gasteiger partial charge in [-0.15, -0.1) is 11.3 Å². The largest absolute Gasteiger partial charge is 0.493 e. The third-order valence-corrected chi connectivity index (χ3v) is 6.70. The summed E-state index contributed by atoms with van der Waals surface area (Å²) in [5.74, 6) is -1.28. The highest BCUT2D eigenvalue weighted by molar-refractivity contribution is 7.17. The number of carbonyl (C=O) groups excluding carboxylic acids is 1. The van der Waals surface area contributed by atoms with E-state index in [1.165, 1.54) is 17.4 Å². The van der Waals surface area contributed by atoms with Crippen LogP contribution in [0.2, 0.25) is 0 Å². The topological polar surface area (TPSA) is 124 Å². The van der Waals surface area contributed by atoms with E-state index in [4.69, 9.17) is 20.9 Å². The summed E-state index contributed by atoms with van der Waals surface area (Å²) in [7, 11) is 0. The molecule has 5 N–H and O–H groups in total. The zero-order valence-corrected chi connectivity index (χ0v) is 19.2. The number of rotatable bonds is 4.